The largest absolute Gasteiger partial charge is 0.328 e. The van der Waals surface area contributed by atoms with Gasteiger partial charge in [-0.25, -0.2) is 0 Å². The molecule has 18 heavy (non-hydrogen) atoms. The fourth-order valence-electron chi connectivity index (χ4n) is 2.12. The molecule has 0 saturated heterocycles. The van der Waals surface area contributed by atoms with Crippen LogP contribution in [0.4, 0.5) is 0 Å². The summed E-state index contributed by atoms with van der Waals surface area (Å²) in [6.07, 6.45) is 3.39. The van der Waals surface area contributed by atoms with E-state index in [0.29, 0.717) is 6.04 Å². The molecule has 0 aliphatic carbocycles. The lowest BCUT2D eigenvalue weighted by Crippen LogP contribution is -2.21. The Morgan fingerprint density at radius 1 is 1.28 bits per heavy atom. The molecule has 2 aromatic rings. The second kappa shape index (κ2) is 6.88. The third-order valence-electron chi connectivity index (χ3n) is 3.15. The maximum Gasteiger partial charge on any atom is 0.0345 e. The molecule has 2 rings (SSSR count). The number of nitrogens with two attached hydrogens (primary N) is 1. The first-order valence-electron chi connectivity index (χ1n) is 6.69. The zero-order chi connectivity index (χ0) is 12.8. The predicted molar refractivity (Wildman–Crippen MR) is 81.3 cm³/mol. The molecule has 1 aromatic carbocycles. The molecule has 0 saturated carbocycles. The van der Waals surface area contributed by atoms with Gasteiger partial charge in [0.2, 0.25) is 0 Å². The Morgan fingerprint density at radius 3 is 2.94 bits per heavy atom. The van der Waals surface area contributed by atoms with Crippen LogP contribution < -0.4 is 11.1 Å². The van der Waals surface area contributed by atoms with Gasteiger partial charge < -0.3 is 11.1 Å². The van der Waals surface area contributed by atoms with Gasteiger partial charge in [-0.15, -0.1) is 11.3 Å². The van der Waals surface area contributed by atoms with Crippen LogP contribution in [0.3, 0.4) is 0 Å². The van der Waals surface area contributed by atoms with Crippen molar-refractivity contribution in [3.8, 4) is 0 Å². The van der Waals surface area contributed by atoms with Gasteiger partial charge >= 0.3 is 0 Å². The molecule has 1 heterocycles. The molecular weight excluding hydrogens is 240 g/mol. The Morgan fingerprint density at radius 2 is 2.11 bits per heavy atom. The smallest absolute Gasteiger partial charge is 0.0345 e. The summed E-state index contributed by atoms with van der Waals surface area (Å²) in [6.45, 7) is 4.20. The first-order valence-corrected chi connectivity index (χ1v) is 7.57. The number of hydrogen-bond acceptors (Lipinski definition) is 3. The van der Waals surface area contributed by atoms with Crippen molar-refractivity contribution < 1.29 is 0 Å². The molecule has 0 aliphatic rings. The van der Waals surface area contributed by atoms with Crippen LogP contribution in [0.2, 0.25) is 0 Å². The lowest BCUT2D eigenvalue weighted by atomic mass is 10.1. The van der Waals surface area contributed by atoms with E-state index in [2.05, 4.69) is 41.9 Å². The molecule has 0 amide bonds. The summed E-state index contributed by atoms with van der Waals surface area (Å²) < 4.78 is 1.39. The fraction of sp³-hybridized carbons (Fsp3) is 0.467. The van der Waals surface area contributed by atoms with E-state index in [-0.39, 0.29) is 0 Å². The Balaban J connectivity index is 1.74. The van der Waals surface area contributed by atoms with Gasteiger partial charge in [-0.1, -0.05) is 18.2 Å². The third kappa shape index (κ3) is 3.80. The Kier molecular flexibility index (Phi) is 5.17. The van der Waals surface area contributed by atoms with Crippen LogP contribution in [0, 0.1) is 0 Å². The number of thiophene rings is 1. The van der Waals surface area contributed by atoms with Gasteiger partial charge in [0.25, 0.3) is 0 Å². The highest BCUT2D eigenvalue weighted by Crippen LogP contribution is 2.25. The molecule has 0 spiro atoms. The molecule has 0 bridgehead atoms. The van der Waals surface area contributed by atoms with E-state index in [1.54, 1.807) is 0 Å². The molecule has 1 unspecified atom stereocenters. The van der Waals surface area contributed by atoms with Crippen molar-refractivity contribution in [3.63, 3.8) is 0 Å². The second-order valence-corrected chi connectivity index (χ2v) is 5.79. The lowest BCUT2D eigenvalue weighted by Gasteiger charge is -2.06. The van der Waals surface area contributed by atoms with Gasteiger partial charge in [0.05, 0.1) is 0 Å². The SMILES string of the molecule is CC(N)CCCNCCc1csc2ccccc12. The average molecular weight is 262 g/mol. The average Bonchev–Trinajstić information content (AvgIpc) is 2.77. The minimum absolute atomic E-state index is 0.326. The van der Waals surface area contributed by atoms with Gasteiger partial charge in [-0.2, -0.15) is 0 Å². The number of benzene rings is 1. The van der Waals surface area contributed by atoms with Crippen molar-refractivity contribution in [1.29, 1.82) is 0 Å². The van der Waals surface area contributed by atoms with Crippen molar-refractivity contribution in [2.75, 3.05) is 13.1 Å². The molecule has 0 fully saturated rings. The number of hydrogen-bond donors (Lipinski definition) is 2. The van der Waals surface area contributed by atoms with Crippen LogP contribution in [0.15, 0.2) is 29.6 Å². The molecular formula is C15H22N2S. The molecule has 98 valence electrons. The van der Waals surface area contributed by atoms with Gasteiger partial charge in [-0.3, -0.25) is 0 Å². The van der Waals surface area contributed by atoms with Crippen molar-refractivity contribution in [2.45, 2.75) is 32.2 Å². The standard InChI is InChI=1S/C15H22N2S/c1-12(16)5-4-9-17-10-8-13-11-18-15-7-3-2-6-14(13)15/h2-3,6-7,11-12,17H,4-5,8-10,16H2,1H3. The number of rotatable bonds is 7. The van der Waals surface area contributed by atoms with Crippen LogP contribution in [0.1, 0.15) is 25.3 Å². The van der Waals surface area contributed by atoms with E-state index in [1.807, 2.05) is 11.3 Å². The quantitative estimate of drug-likeness (QED) is 0.752. The predicted octanol–water partition coefficient (Wildman–Crippen LogP) is 3.16. The zero-order valence-corrected chi connectivity index (χ0v) is 11.8. The fourth-order valence-corrected chi connectivity index (χ4v) is 3.12. The van der Waals surface area contributed by atoms with E-state index < -0.39 is 0 Å². The minimum Gasteiger partial charge on any atom is -0.328 e. The number of nitrogens with one attached hydrogen (secondary N) is 1. The van der Waals surface area contributed by atoms with E-state index in [4.69, 9.17) is 5.73 Å². The van der Waals surface area contributed by atoms with E-state index in [1.165, 1.54) is 22.1 Å². The Bertz CT molecular complexity index is 476. The van der Waals surface area contributed by atoms with Gasteiger partial charge in [0, 0.05) is 10.7 Å². The monoisotopic (exact) mass is 262 g/mol. The van der Waals surface area contributed by atoms with Crippen molar-refractivity contribution in [1.82, 2.24) is 5.32 Å². The van der Waals surface area contributed by atoms with Crippen molar-refractivity contribution in [2.24, 2.45) is 5.73 Å². The molecule has 2 nitrogen and oxygen atoms in total. The molecule has 1 atom stereocenters. The van der Waals surface area contributed by atoms with Crippen molar-refractivity contribution >= 4 is 21.4 Å². The van der Waals surface area contributed by atoms with E-state index in [0.717, 1.165) is 25.9 Å². The summed E-state index contributed by atoms with van der Waals surface area (Å²) in [6, 6.07) is 8.97. The van der Waals surface area contributed by atoms with Gasteiger partial charge in [0.1, 0.15) is 0 Å². The van der Waals surface area contributed by atoms with Crippen LogP contribution >= 0.6 is 11.3 Å². The van der Waals surface area contributed by atoms with Crippen LogP contribution in [0.25, 0.3) is 10.1 Å². The molecule has 1 aromatic heterocycles. The second-order valence-electron chi connectivity index (χ2n) is 4.88. The summed E-state index contributed by atoms with van der Waals surface area (Å²) in [5.74, 6) is 0. The highest BCUT2D eigenvalue weighted by atomic mass is 32.1. The summed E-state index contributed by atoms with van der Waals surface area (Å²) in [7, 11) is 0. The summed E-state index contributed by atoms with van der Waals surface area (Å²) in [5, 5.41) is 7.20. The third-order valence-corrected chi connectivity index (χ3v) is 4.16. The summed E-state index contributed by atoms with van der Waals surface area (Å²) in [4.78, 5) is 0. The first-order chi connectivity index (χ1) is 8.77. The highest BCUT2D eigenvalue weighted by molar-refractivity contribution is 7.17. The van der Waals surface area contributed by atoms with E-state index >= 15 is 0 Å². The van der Waals surface area contributed by atoms with Crippen LogP contribution in [0.5, 0.6) is 0 Å². The lowest BCUT2D eigenvalue weighted by molar-refractivity contribution is 0.576. The van der Waals surface area contributed by atoms with Crippen molar-refractivity contribution in [3.05, 3.63) is 35.2 Å². The topological polar surface area (TPSA) is 38.0 Å². The minimum atomic E-state index is 0.326. The molecule has 0 aliphatic heterocycles. The van der Waals surface area contributed by atoms with Gasteiger partial charge in [0.15, 0.2) is 0 Å². The van der Waals surface area contributed by atoms with E-state index in [9.17, 15) is 0 Å². The molecule has 3 N–H and O–H groups in total. The van der Waals surface area contributed by atoms with Crippen LogP contribution in [-0.4, -0.2) is 19.1 Å². The Labute approximate surface area is 113 Å². The number of fused-ring (bicyclic) bond motifs is 1. The maximum atomic E-state index is 5.72. The summed E-state index contributed by atoms with van der Waals surface area (Å²) >= 11 is 1.84. The highest BCUT2D eigenvalue weighted by Gasteiger charge is 2.02. The van der Waals surface area contributed by atoms with Crippen LogP contribution in [-0.2, 0) is 6.42 Å². The molecule has 0 radical (unpaired) electrons. The Hall–Kier alpha value is -0.900. The summed E-state index contributed by atoms with van der Waals surface area (Å²) in [5.41, 5.74) is 7.19. The first kappa shape index (κ1) is 13.5. The molecule has 3 heteroatoms. The normalized spacial score (nSPS) is 13.0. The maximum absolute atomic E-state index is 5.72. The zero-order valence-electron chi connectivity index (χ0n) is 11.0. The van der Waals surface area contributed by atoms with Gasteiger partial charge in [-0.05, 0) is 61.7 Å².